The standard InChI is InChI=1S/C10H5ClF4N2O/c11-5-3-1-2-4(7(5)12)6-8(10(13,14)15)17-18-9(6)16/h1-3H,16H2. The van der Waals surface area contributed by atoms with Gasteiger partial charge in [0, 0.05) is 5.56 Å². The van der Waals surface area contributed by atoms with Gasteiger partial charge in [-0.15, -0.1) is 0 Å². The number of benzene rings is 1. The Labute approximate surface area is 103 Å². The molecule has 1 heterocycles. The normalized spacial score (nSPS) is 11.8. The molecule has 0 atom stereocenters. The van der Waals surface area contributed by atoms with Crippen molar-refractivity contribution in [2.24, 2.45) is 0 Å². The smallest absolute Gasteiger partial charge is 0.367 e. The fraction of sp³-hybridized carbons (Fsp3) is 0.100. The summed E-state index contributed by atoms with van der Waals surface area (Å²) in [5, 5.41) is 2.48. The summed E-state index contributed by atoms with van der Waals surface area (Å²) in [6.45, 7) is 0. The number of hydrogen-bond donors (Lipinski definition) is 1. The molecule has 0 radical (unpaired) electrons. The topological polar surface area (TPSA) is 52.0 Å². The van der Waals surface area contributed by atoms with Crippen molar-refractivity contribution >= 4 is 17.5 Å². The monoisotopic (exact) mass is 280 g/mol. The summed E-state index contributed by atoms with van der Waals surface area (Å²) in [5.74, 6) is -1.64. The molecule has 0 saturated heterocycles. The van der Waals surface area contributed by atoms with E-state index in [1.54, 1.807) is 0 Å². The molecular formula is C10H5ClF4N2O. The third-order valence-electron chi connectivity index (χ3n) is 2.21. The largest absolute Gasteiger partial charge is 0.437 e. The first kappa shape index (κ1) is 12.7. The summed E-state index contributed by atoms with van der Waals surface area (Å²) in [6.07, 6.45) is -4.80. The molecule has 0 saturated carbocycles. The van der Waals surface area contributed by atoms with E-state index >= 15 is 0 Å². The second kappa shape index (κ2) is 4.16. The molecule has 96 valence electrons. The van der Waals surface area contributed by atoms with E-state index in [2.05, 4.69) is 9.68 Å². The highest BCUT2D eigenvalue weighted by Gasteiger charge is 2.40. The number of halogens is 5. The fourth-order valence-corrected chi connectivity index (χ4v) is 1.63. The van der Waals surface area contributed by atoms with Crippen LogP contribution in [0.15, 0.2) is 22.7 Å². The van der Waals surface area contributed by atoms with E-state index in [-0.39, 0.29) is 5.02 Å². The highest BCUT2D eigenvalue weighted by Crippen LogP contribution is 2.41. The Morgan fingerprint density at radius 2 is 1.94 bits per heavy atom. The van der Waals surface area contributed by atoms with E-state index in [4.69, 9.17) is 17.3 Å². The molecule has 1 aromatic carbocycles. The van der Waals surface area contributed by atoms with E-state index in [9.17, 15) is 17.6 Å². The Morgan fingerprint density at radius 1 is 1.28 bits per heavy atom. The lowest BCUT2D eigenvalue weighted by atomic mass is 10.0. The van der Waals surface area contributed by atoms with Crippen LogP contribution in [0.4, 0.5) is 23.4 Å². The van der Waals surface area contributed by atoms with Crippen molar-refractivity contribution in [1.82, 2.24) is 5.16 Å². The fourth-order valence-electron chi connectivity index (χ4n) is 1.45. The summed E-state index contributed by atoms with van der Waals surface area (Å²) in [7, 11) is 0. The van der Waals surface area contributed by atoms with Crippen LogP contribution in [0.3, 0.4) is 0 Å². The van der Waals surface area contributed by atoms with Gasteiger partial charge in [0.1, 0.15) is 5.82 Å². The molecule has 0 bridgehead atoms. The molecule has 8 heteroatoms. The number of aromatic nitrogens is 1. The lowest BCUT2D eigenvalue weighted by Crippen LogP contribution is -2.08. The zero-order valence-electron chi connectivity index (χ0n) is 8.55. The van der Waals surface area contributed by atoms with Gasteiger partial charge < -0.3 is 10.3 Å². The van der Waals surface area contributed by atoms with E-state index in [0.717, 1.165) is 6.07 Å². The van der Waals surface area contributed by atoms with Crippen molar-refractivity contribution in [3.63, 3.8) is 0 Å². The highest BCUT2D eigenvalue weighted by atomic mass is 35.5. The van der Waals surface area contributed by atoms with Crippen molar-refractivity contribution in [2.75, 3.05) is 5.73 Å². The second-order valence-corrected chi connectivity index (χ2v) is 3.78. The van der Waals surface area contributed by atoms with Crippen LogP contribution in [0.1, 0.15) is 5.69 Å². The molecule has 0 unspecified atom stereocenters. The summed E-state index contributed by atoms with van der Waals surface area (Å²) in [4.78, 5) is 0. The molecule has 1 aromatic heterocycles. The Kier molecular flexibility index (Phi) is 2.94. The van der Waals surface area contributed by atoms with E-state index in [1.165, 1.54) is 12.1 Å². The molecule has 2 aromatic rings. The Balaban J connectivity index is 2.72. The van der Waals surface area contributed by atoms with Gasteiger partial charge in [-0.05, 0) is 6.07 Å². The molecule has 0 aliphatic carbocycles. The van der Waals surface area contributed by atoms with Crippen LogP contribution in [-0.2, 0) is 6.18 Å². The Hall–Kier alpha value is -1.76. The summed E-state index contributed by atoms with van der Waals surface area (Å²) < 4.78 is 55.9. The molecule has 2 N–H and O–H groups in total. The predicted octanol–water partition coefficient (Wildman–Crippen LogP) is 3.74. The van der Waals surface area contributed by atoms with Crippen LogP contribution >= 0.6 is 11.6 Å². The molecule has 3 nitrogen and oxygen atoms in total. The number of nitrogen functional groups attached to an aromatic ring is 1. The number of nitrogens with zero attached hydrogens (tertiary/aromatic N) is 1. The number of nitrogens with two attached hydrogens (primary N) is 1. The minimum absolute atomic E-state index is 0.318. The van der Waals surface area contributed by atoms with Crippen molar-refractivity contribution in [3.05, 3.63) is 34.7 Å². The molecule has 0 fully saturated rings. The molecule has 0 aliphatic rings. The van der Waals surface area contributed by atoms with Gasteiger partial charge in [-0.1, -0.05) is 28.9 Å². The molecule has 0 aliphatic heterocycles. The van der Waals surface area contributed by atoms with Gasteiger partial charge in [0.05, 0.1) is 10.6 Å². The van der Waals surface area contributed by atoms with Gasteiger partial charge in [0.25, 0.3) is 0 Å². The minimum Gasteiger partial charge on any atom is -0.367 e. The molecule has 0 amide bonds. The first-order valence-corrected chi connectivity index (χ1v) is 4.97. The highest BCUT2D eigenvalue weighted by molar-refractivity contribution is 6.31. The van der Waals surface area contributed by atoms with Crippen LogP contribution in [0.5, 0.6) is 0 Å². The SMILES string of the molecule is Nc1onc(C(F)(F)F)c1-c1cccc(Cl)c1F. The number of alkyl halides is 3. The van der Waals surface area contributed by atoms with Crippen LogP contribution in [0, 0.1) is 5.82 Å². The van der Waals surface area contributed by atoms with Gasteiger partial charge in [-0.2, -0.15) is 13.2 Å². The van der Waals surface area contributed by atoms with Crippen molar-refractivity contribution in [3.8, 4) is 11.1 Å². The average molecular weight is 281 g/mol. The minimum atomic E-state index is -4.80. The second-order valence-electron chi connectivity index (χ2n) is 3.37. The average Bonchev–Trinajstić information content (AvgIpc) is 2.64. The molecular weight excluding hydrogens is 276 g/mol. The van der Waals surface area contributed by atoms with Gasteiger partial charge in [0.15, 0.2) is 5.69 Å². The molecule has 0 spiro atoms. The van der Waals surface area contributed by atoms with Crippen LogP contribution < -0.4 is 5.73 Å². The third kappa shape index (κ3) is 2.01. The Morgan fingerprint density at radius 3 is 2.56 bits per heavy atom. The lowest BCUT2D eigenvalue weighted by Gasteiger charge is -2.07. The summed E-state index contributed by atoms with van der Waals surface area (Å²) in [5.41, 5.74) is 2.80. The molecule has 2 rings (SSSR count). The molecule has 18 heavy (non-hydrogen) atoms. The van der Waals surface area contributed by atoms with Crippen molar-refractivity contribution in [2.45, 2.75) is 6.18 Å². The number of anilines is 1. The third-order valence-corrected chi connectivity index (χ3v) is 2.50. The zero-order chi connectivity index (χ0) is 13.5. The maximum Gasteiger partial charge on any atom is 0.437 e. The zero-order valence-corrected chi connectivity index (χ0v) is 9.31. The lowest BCUT2D eigenvalue weighted by molar-refractivity contribution is -0.142. The first-order chi connectivity index (χ1) is 8.32. The summed E-state index contributed by atoms with van der Waals surface area (Å²) >= 11 is 5.50. The van der Waals surface area contributed by atoms with Gasteiger partial charge in [0.2, 0.25) is 5.88 Å². The van der Waals surface area contributed by atoms with Crippen molar-refractivity contribution in [1.29, 1.82) is 0 Å². The quantitative estimate of drug-likeness (QED) is 0.810. The number of rotatable bonds is 1. The first-order valence-electron chi connectivity index (χ1n) is 4.59. The maximum absolute atomic E-state index is 13.7. The number of hydrogen-bond acceptors (Lipinski definition) is 3. The maximum atomic E-state index is 13.7. The van der Waals surface area contributed by atoms with Gasteiger partial charge >= 0.3 is 6.18 Å². The van der Waals surface area contributed by atoms with Gasteiger partial charge in [-0.3, -0.25) is 0 Å². The van der Waals surface area contributed by atoms with E-state index in [0.29, 0.717) is 0 Å². The van der Waals surface area contributed by atoms with Gasteiger partial charge in [-0.25, -0.2) is 4.39 Å². The Bertz CT molecular complexity index is 594. The predicted molar refractivity (Wildman–Crippen MR) is 56.3 cm³/mol. The van der Waals surface area contributed by atoms with E-state index in [1.807, 2.05) is 0 Å². The van der Waals surface area contributed by atoms with Crippen LogP contribution in [0.25, 0.3) is 11.1 Å². The van der Waals surface area contributed by atoms with E-state index < -0.39 is 34.7 Å². The van der Waals surface area contributed by atoms with Crippen LogP contribution in [0.2, 0.25) is 5.02 Å². The van der Waals surface area contributed by atoms with Crippen molar-refractivity contribution < 1.29 is 22.1 Å². The summed E-state index contributed by atoms with van der Waals surface area (Å²) in [6, 6.07) is 3.62. The van der Waals surface area contributed by atoms with Crippen LogP contribution in [-0.4, -0.2) is 5.16 Å².